The van der Waals surface area contributed by atoms with Gasteiger partial charge in [0.15, 0.2) is 0 Å². The van der Waals surface area contributed by atoms with E-state index in [1.807, 2.05) is 37.3 Å². The van der Waals surface area contributed by atoms with Gasteiger partial charge in [-0.05, 0) is 48.6 Å². The second kappa shape index (κ2) is 5.54. The molecule has 0 aromatic heterocycles. The predicted molar refractivity (Wildman–Crippen MR) is 76.6 cm³/mol. The van der Waals surface area contributed by atoms with Gasteiger partial charge in [0, 0.05) is 0 Å². The van der Waals surface area contributed by atoms with E-state index in [0.717, 1.165) is 17.5 Å². The standard InChI is InChI=1S/C17H18O/c1-13-8-10-16(17(18)12-13)11-9-14(2)15-6-4-3-5-7-15/h3-10,12,18H,11H2,1-2H3/b14-9+. The smallest absolute Gasteiger partial charge is 0.119 e. The molecule has 2 aromatic carbocycles. The van der Waals surface area contributed by atoms with Crippen LogP contribution in [0.25, 0.3) is 5.57 Å². The Kier molecular flexibility index (Phi) is 3.83. The van der Waals surface area contributed by atoms with Crippen LogP contribution in [0.1, 0.15) is 23.6 Å². The Morgan fingerprint density at radius 1 is 1.11 bits per heavy atom. The average molecular weight is 238 g/mol. The summed E-state index contributed by atoms with van der Waals surface area (Å²) in [5, 5.41) is 9.85. The highest BCUT2D eigenvalue weighted by atomic mass is 16.3. The van der Waals surface area contributed by atoms with Crippen molar-refractivity contribution < 1.29 is 5.11 Å². The molecule has 0 unspecified atom stereocenters. The van der Waals surface area contributed by atoms with Crippen molar-refractivity contribution in [3.8, 4) is 5.75 Å². The summed E-state index contributed by atoms with van der Waals surface area (Å²) in [6.07, 6.45) is 2.91. The van der Waals surface area contributed by atoms with Crippen LogP contribution in [0.15, 0.2) is 54.6 Å². The summed E-state index contributed by atoms with van der Waals surface area (Å²) in [6.45, 7) is 4.08. The van der Waals surface area contributed by atoms with Gasteiger partial charge >= 0.3 is 0 Å². The molecule has 2 rings (SSSR count). The number of rotatable bonds is 3. The summed E-state index contributed by atoms with van der Waals surface area (Å²) in [4.78, 5) is 0. The highest BCUT2D eigenvalue weighted by Gasteiger charge is 2.00. The van der Waals surface area contributed by atoms with Crippen molar-refractivity contribution in [2.45, 2.75) is 20.3 Å². The maximum absolute atomic E-state index is 9.85. The van der Waals surface area contributed by atoms with Crippen LogP contribution < -0.4 is 0 Å². The molecule has 92 valence electrons. The lowest BCUT2D eigenvalue weighted by Crippen LogP contribution is -1.86. The number of aryl methyl sites for hydroxylation is 1. The molecule has 0 amide bonds. The van der Waals surface area contributed by atoms with Gasteiger partial charge in [-0.3, -0.25) is 0 Å². The van der Waals surface area contributed by atoms with E-state index in [9.17, 15) is 5.11 Å². The Morgan fingerprint density at radius 2 is 1.83 bits per heavy atom. The van der Waals surface area contributed by atoms with Gasteiger partial charge in [0.1, 0.15) is 5.75 Å². The zero-order valence-electron chi connectivity index (χ0n) is 10.9. The second-order valence-electron chi connectivity index (χ2n) is 4.59. The number of benzene rings is 2. The Hall–Kier alpha value is -2.02. The quantitative estimate of drug-likeness (QED) is 0.843. The summed E-state index contributed by atoms with van der Waals surface area (Å²) < 4.78 is 0. The molecule has 1 nitrogen and oxygen atoms in total. The molecule has 0 spiro atoms. The molecule has 0 bridgehead atoms. The number of allylic oxidation sites excluding steroid dienone is 2. The number of phenolic OH excluding ortho intramolecular Hbond substituents is 1. The average Bonchev–Trinajstić information content (AvgIpc) is 2.38. The van der Waals surface area contributed by atoms with E-state index in [0.29, 0.717) is 5.75 Å². The van der Waals surface area contributed by atoms with E-state index in [2.05, 4.69) is 25.1 Å². The van der Waals surface area contributed by atoms with Gasteiger partial charge in [-0.1, -0.05) is 48.5 Å². The largest absolute Gasteiger partial charge is 0.508 e. The summed E-state index contributed by atoms with van der Waals surface area (Å²) in [5.74, 6) is 0.382. The SMILES string of the molecule is C/C(=C\Cc1ccc(C)cc1O)c1ccccc1. The van der Waals surface area contributed by atoms with Crippen LogP contribution in [0.5, 0.6) is 5.75 Å². The number of phenols is 1. The third-order valence-corrected chi connectivity index (χ3v) is 3.10. The molecule has 0 atom stereocenters. The maximum Gasteiger partial charge on any atom is 0.119 e. The Morgan fingerprint density at radius 3 is 2.50 bits per heavy atom. The summed E-state index contributed by atoms with van der Waals surface area (Å²) >= 11 is 0. The molecule has 0 saturated heterocycles. The van der Waals surface area contributed by atoms with Gasteiger partial charge in [0.2, 0.25) is 0 Å². The van der Waals surface area contributed by atoms with Crippen molar-refractivity contribution in [1.29, 1.82) is 0 Å². The van der Waals surface area contributed by atoms with Gasteiger partial charge in [0.05, 0.1) is 0 Å². The first-order valence-electron chi connectivity index (χ1n) is 6.17. The molecule has 0 aliphatic rings. The van der Waals surface area contributed by atoms with Gasteiger partial charge in [0.25, 0.3) is 0 Å². The van der Waals surface area contributed by atoms with Crippen molar-refractivity contribution in [1.82, 2.24) is 0 Å². The van der Waals surface area contributed by atoms with Crippen molar-refractivity contribution in [3.63, 3.8) is 0 Å². The number of hydrogen-bond donors (Lipinski definition) is 1. The van der Waals surface area contributed by atoms with Crippen molar-refractivity contribution in [2.24, 2.45) is 0 Å². The van der Waals surface area contributed by atoms with Crippen LogP contribution in [0.2, 0.25) is 0 Å². The van der Waals surface area contributed by atoms with Crippen LogP contribution in [0.4, 0.5) is 0 Å². The lowest BCUT2D eigenvalue weighted by molar-refractivity contribution is 0.469. The highest BCUT2D eigenvalue weighted by molar-refractivity contribution is 5.63. The highest BCUT2D eigenvalue weighted by Crippen LogP contribution is 2.21. The van der Waals surface area contributed by atoms with E-state index >= 15 is 0 Å². The normalized spacial score (nSPS) is 11.6. The Balaban J connectivity index is 2.15. The first-order valence-corrected chi connectivity index (χ1v) is 6.17. The van der Waals surface area contributed by atoms with Crippen molar-refractivity contribution in [3.05, 3.63) is 71.3 Å². The second-order valence-corrected chi connectivity index (χ2v) is 4.59. The minimum absolute atomic E-state index is 0.382. The molecule has 0 aliphatic carbocycles. The van der Waals surface area contributed by atoms with Crippen LogP contribution in [-0.2, 0) is 6.42 Å². The van der Waals surface area contributed by atoms with E-state index in [1.54, 1.807) is 6.07 Å². The van der Waals surface area contributed by atoms with Gasteiger partial charge in [-0.2, -0.15) is 0 Å². The fourth-order valence-corrected chi connectivity index (χ4v) is 1.93. The zero-order chi connectivity index (χ0) is 13.0. The van der Waals surface area contributed by atoms with Crippen LogP contribution in [0.3, 0.4) is 0 Å². The molecule has 1 heteroatoms. The molecule has 0 heterocycles. The van der Waals surface area contributed by atoms with Crippen molar-refractivity contribution >= 4 is 5.57 Å². The molecule has 0 aliphatic heterocycles. The van der Waals surface area contributed by atoms with Gasteiger partial charge in [-0.25, -0.2) is 0 Å². The minimum atomic E-state index is 0.382. The summed E-state index contributed by atoms with van der Waals surface area (Å²) in [5.41, 5.74) is 4.51. The third-order valence-electron chi connectivity index (χ3n) is 3.10. The summed E-state index contributed by atoms with van der Waals surface area (Å²) in [7, 11) is 0. The Labute approximate surface area is 108 Å². The zero-order valence-corrected chi connectivity index (χ0v) is 10.9. The Bertz CT molecular complexity index is 553. The topological polar surface area (TPSA) is 20.2 Å². The number of aromatic hydroxyl groups is 1. The molecule has 2 aromatic rings. The van der Waals surface area contributed by atoms with Crippen LogP contribution in [-0.4, -0.2) is 5.11 Å². The molecule has 1 N–H and O–H groups in total. The monoisotopic (exact) mass is 238 g/mol. The number of hydrogen-bond acceptors (Lipinski definition) is 1. The minimum Gasteiger partial charge on any atom is -0.508 e. The maximum atomic E-state index is 9.85. The van der Waals surface area contributed by atoms with E-state index in [1.165, 1.54) is 11.1 Å². The molecule has 18 heavy (non-hydrogen) atoms. The molecular formula is C17H18O. The first kappa shape index (κ1) is 12.4. The van der Waals surface area contributed by atoms with Gasteiger partial charge in [-0.15, -0.1) is 0 Å². The molecule has 0 radical (unpaired) electrons. The molecular weight excluding hydrogens is 220 g/mol. The molecule has 0 saturated carbocycles. The van der Waals surface area contributed by atoms with E-state index < -0.39 is 0 Å². The van der Waals surface area contributed by atoms with Crippen LogP contribution >= 0.6 is 0 Å². The van der Waals surface area contributed by atoms with Crippen molar-refractivity contribution in [2.75, 3.05) is 0 Å². The third kappa shape index (κ3) is 3.01. The summed E-state index contributed by atoms with van der Waals surface area (Å²) in [6, 6.07) is 16.1. The predicted octanol–water partition coefficient (Wildman–Crippen LogP) is 4.35. The van der Waals surface area contributed by atoms with Gasteiger partial charge < -0.3 is 5.11 Å². The molecule has 0 fully saturated rings. The fraction of sp³-hybridized carbons (Fsp3) is 0.176. The lowest BCUT2D eigenvalue weighted by atomic mass is 10.0. The fourth-order valence-electron chi connectivity index (χ4n) is 1.93. The van der Waals surface area contributed by atoms with Crippen LogP contribution in [0, 0.1) is 6.92 Å². The van der Waals surface area contributed by atoms with E-state index in [4.69, 9.17) is 0 Å². The van der Waals surface area contributed by atoms with E-state index in [-0.39, 0.29) is 0 Å². The first-order chi connectivity index (χ1) is 8.66. The lowest BCUT2D eigenvalue weighted by Gasteiger charge is -2.04.